The fraction of sp³-hybridized carbons (Fsp3) is 0.455. The molecule has 0 unspecified atom stereocenters. The predicted octanol–water partition coefficient (Wildman–Crippen LogP) is 3.34. The Balaban J connectivity index is 2.63. The molecular formula is C11H16OS. The van der Waals surface area contributed by atoms with Gasteiger partial charge in [-0.15, -0.1) is 0 Å². The molecule has 1 aromatic carbocycles. The zero-order valence-corrected chi connectivity index (χ0v) is 9.19. The third-order valence-electron chi connectivity index (χ3n) is 1.84. The van der Waals surface area contributed by atoms with Gasteiger partial charge in [0.1, 0.15) is 5.75 Å². The minimum Gasteiger partial charge on any atom is -0.508 e. The van der Waals surface area contributed by atoms with E-state index in [0.29, 0.717) is 11.0 Å². The number of phenolic OH excluding ortho intramolecular Hbond substituents is 1. The molecule has 0 aliphatic carbocycles. The van der Waals surface area contributed by atoms with E-state index in [0.717, 1.165) is 11.3 Å². The summed E-state index contributed by atoms with van der Waals surface area (Å²) in [6, 6.07) is 5.80. The SMILES string of the molecule is Cc1cc(CSC(C)C)ccc1O. The van der Waals surface area contributed by atoms with Crippen molar-refractivity contribution in [2.75, 3.05) is 0 Å². The number of aromatic hydroxyl groups is 1. The van der Waals surface area contributed by atoms with E-state index < -0.39 is 0 Å². The normalized spacial score (nSPS) is 10.8. The summed E-state index contributed by atoms with van der Waals surface area (Å²) in [7, 11) is 0. The van der Waals surface area contributed by atoms with Crippen LogP contribution in [0.15, 0.2) is 18.2 Å². The summed E-state index contributed by atoms with van der Waals surface area (Å²) in [6.07, 6.45) is 0. The molecule has 0 fully saturated rings. The van der Waals surface area contributed by atoms with Crippen molar-refractivity contribution in [2.45, 2.75) is 31.8 Å². The van der Waals surface area contributed by atoms with Gasteiger partial charge < -0.3 is 5.11 Å². The zero-order valence-electron chi connectivity index (χ0n) is 8.37. The lowest BCUT2D eigenvalue weighted by Gasteiger charge is -2.06. The van der Waals surface area contributed by atoms with Gasteiger partial charge in [0.05, 0.1) is 0 Å². The second kappa shape index (κ2) is 4.56. The van der Waals surface area contributed by atoms with Crippen LogP contribution in [-0.2, 0) is 5.75 Å². The Morgan fingerprint density at radius 3 is 2.62 bits per heavy atom. The molecule has 72 valence electrons. The van der Waals surface area contributed by atoms with E-state index >= 15 is 0 Å². The lowest BCUT2D eigenvalue weighted by molar-refractivity contribution is 0.471. The van der Waals surface area contributed by atoms with Crippen molar-refractivity contribution in [3.63, 3.8) is 0 Å². The molecule has 0 saturated heterocycles. The van der Waals surface area contributed by atoms with Crippen LogP contribution in [0.4, 0.5) is 0 Å². The number of rotatable bonds is 3. The second-order valence-electron chi connectivity index (χ2n) is 3.48. The van der Waals surface area contributed by atoms with Gasteiger partial charge in [0, 0.05) is 5.75 Å². The van der Waals surface area contributed by atoms with Crippen LogP contribution in [0.25, 0.3) is 0 Å². The van der Waals surface area contributed by atoms with Crippen LogP contribution in [0.3, 0.4) is 0 Å². The molecular weight excluding hydrogens is 180 g/mol. The first-order chi connectivity index (χ1) is 6.09. The number of phenols is 1. The molecule has 0 saturated carbocycles. The first-order valence-electron chi connectivity index (χ1n) is 4.49. The Hall–Kier alpha value is -0.630. The molecule has 0 amide bonds. The van der Waals surface area contributed by atoms with Crippen LogP contribution in [-0.4, -0.2) is 10.4 Å². The van der Waals surface area contributed by atoms with E-state index in [1.165, 1.54) is 5.56 Å². The first kappa shape index (κ1) is 10.5. The Morgan fingerprint density at radius 1 is 1.38 bits per heavy atom. The highest BCUT2D eigenvalue weighted by Gasteiger charge is 1.99. The van der Waals surface area contributed by atoms with E-state index in [4.69, 9.17) is 0 Å². The molecule has 2 heteroatoms. The van der Waals surface area contributed by atoms with Gasteiger partial charge in [-0.05, 0) is 29.4 Å². The van der Waals surface area contributed by atoms with Gasteiger partial charge in [0.15, 0.2) is 0 Å². The number of hydrogen-bond acceptors (Lipinski definition) is 2. The van der Waals surface area contributed by atoms with Crippen molar-refractivity contribution in [2.24, 2.45) is 0 Å². The molecule has 0 radical (unpaired) electrons. The van der Waals surface area contributed by atoms with Crippen molar-refractivity contribution in [1.82, 2.24) is 0 Å². The van der Waals surface area contributed by atoms with Gasteiger partial charge in [-0.2, -0.15) is 11.8 Å². The number of aryl methyl sites for hydroxylation is 1. The Bertz CT molecular complexity index is 281. The fourth-order valence-electron chi connectivity index (χ4n) is 1.07. The Morgan fingerprint density at radius 2 is 2.08 bits per heavy atom. The standard InChI is InChI=1S/C11H16OS/c1-8(2)13-7-10-4-5-11(12)9(3)6-10/h4-6,8,12H,7H2,1-3H3. The zero-order chi connectivity index (χ0) is 9.84. The highest BCUT2D eigenvalue weighted by Crippen LogP contribution is 2.22. The summed E-state index contributed by atoms with van der Waals surface area (Å²) in [5, 5.41) is 9.98. The van der Waals surface area contributed by atoms with E-state index in [2.05, 4.69) is 13.8 Å². The Labute approximate surface area is 84.2 Å². The minimum atomic E-state index is 0.387. The molecule has 1 rings (SSSR count). The highest BCUT2D eigenvalue weighted by atomic mass is 32.2. The van der Waals surface area contributed by atoms with Crippen LogP contribution >= 0.6 is 11.8 Å². The van der Waals surface area contributed by atoms with Crippen molar-refractivity contribution in [3.8, 4) is 5.75 Å². The summed E-state index contributed by atoms with van der Waals surface area (Å²) < 4.78 is 0. The van der Waals surface area contributed by atoms with E-state index in [1.807, 2.05) is 30.8 Å². The van der Waals surface area contributed by atoms with Gasteiger partial charge in [0.25, 0.3) is 0 Å². The van der Waals surface area contributed by atoms with E-state index in [1.54, 1.807) is 6.07 Å². The van der Waals surface area contributed by atoms with Gasteiger partial charge in [0.2, 0.25) is 0 Å². The highest BCUT2D eigenvalue weighted by molar-refractivity contribution is 7.99. The number of thioether (sulfide) groups is 1. The molecule has 0 aliphatic heterocycles. The molecule has 0 aliphatic rings. The average molecular weight is 196 g/mol. The fourth-order valence-corrected chi connectivity index (χ4v) is 1.78. The third kappa shape index (κ3) is 3.31. The summed E-state index contributed by atoms with van der Waals surface area (Å²) >= 11 is 1.92. The Kier molecular flexibility index (Phi) is 3.67. The average Bonchev–Trinajstić information content (AvgIpc) is 2.07. The third-order valence-corrected chi connectivity index (χ3v) is 3.01. The summed E-state index contributed by atoms with van der Waals surface area (Å²) in [4.78, 5) is 0. The molecule has 1 aromatic rings. The van der Waals surface area contributed by atoms with Crippen molar-refractivity contribution in [1.29, 1.82) is 0 Å². The smallest absolute Gasteiger partial charge is 0.118 e. The second-order valence-corrected chi connectivity index (χ2v) is 5.05. The van der Waals surface area contributed by atoms with E-state index in [9.17, 15) is 5.11 Å². The van der Waals surface area contributed by atoms with Crippen LogP contribution in [0, 0.1) is 6.92 Å². The summed E-state index contributed by atoms with van der Waals surface area (Å²) in [5.74, 6) is 1.41. The molecule has 0 heterocycles. The van der Waals surface area contributed by atoms with Crippen LogP contribution in [0.5, 0.6) is 5.75 Å². The molecule has 0 atom stereocenters. The molecule has 13 heavy (non-hydrogen) atoms. The van der Waals surface area contributed by atoms with Crippen molar-refractivity contribution in [3.05, 3.63) is 29.3 Å². The lowest BCUT2D eigenvalue weighted by Crippen LogP contribution is -1.89. The summed E-state index contributed by atoms with van der Waals surface area (Å²) in [5.41, 5.74) is 2.25. The quantitative estimate of drug-likeness (QED) is 0.800. The largest absolute Gasteiger partial charge is 0.508 e. The van der Waals surface area contributed by atoms with Gasteiger partial charge in [-0.25, -0.2) is 0 Å². The number of benzene rings is 1. The summed E-state index contributed by atoms with van der Waals surface area (Å²) in [6.45, 7) is 6.31. The molecule has 1 N–H and O–H groups in total. The molecule has 0 bridgehead atoms. The molecule has 1 nitrogen and oxygen atoms in total. The first-order valence-corrected chi connectivity index (χ1v) is 5.54. The number of hydrogen-bond donors (Lipinski definition) is 1. The maximum atomic E-state index is 9.31. The maximum Gasteiger partial charge on any atom is 0.118 e. The monoisotopic (exact) mass is 196 g/mol. The van der Waals surface area contributed by atoms with Crippen molar-refractivity contribution >= 4 is 11.8 Å². The van der Waals surface area contributed by atoms with Gasteiger partial charge in [-0.3, -0.25) is 0 Å². The minimum absolute atomic E-state index is 0.387. The van der Waals surface area contributed by atoms with E-state index in [-0.39, 0.29) is 0 Å². The van der Waals surface area contributed by atoms with Crippen LogP contribution in [0.2, 0.25) is 0 Å². The van der Waals surface area contributed by atoms with Crippen molar-refractivity contribution < 1.29 is 5.11 Å². The van der Waals surface area contributed by atoms with Gasteiger partial charge >= 0.3 is 0 Å². The molecule has 0 spiro atoms. The van der Waals surface area contributed by atoms with Crippen LogP contribution in [0.1, 0.15) is 25.0 Å². The van der Waals surface area contributed by atoms with Crippen LogP contribution < -0.4 is 0 Å². The molecule has 0 aromatic heterocycles. The maximum absolute atomic E-state index is 9.31. The predicted molar refractivity (Wildman–Crippen MR) is 59.3 cm³/mol. The topological polar surface area (TPSA) is 20.2 Å². The lowest BCUT2D eigenvalue weighted by atomic mass is 10.1. The van der Waals surface area contributed by atoms with Gasteiger partial charge in [-0.1, -0.05) is 26.0 Å².